The molecule has 0 aromatic heterocycles. The van der Waals surface area contributed by atoms with Crippen LogP contribution in [0.4, 0.5) is 13.2 Å². The van der Waals surface area contributed by atoms with Gasteiger partial charge in [-0.25, -0.2) is 0 Å². The van der Waals surface area contributed by atoms with Gasteiger partial charge in [-0.3, -0.25) is 14.4 Å². The standard InChI is InChI=1S/C24H34F3NO3S/c1-22-8-6-14(32-11-10-28(3)21(31)24(25,26)27)12-18(22)19(29)13-15-16-4-5-20(30)23(16,2)9-7-17(15)22/h14-18H,4-13H2,1-3H3/t14-,15+,16+,17+,18?,22-,23+/m1/s1. The first kappa shape index (κ1) is 24.1. The minimum Gasteiger partial charge on any atom is -0.337 e. The predicted molar refractivity (Wildman–Crippen MR) is 117 cm³/mol. The summed E-state index contributed by atoms with van der Waals surface area (Å²) in [7, 11) is 1.18. The molecule has 4 nitrogen and oxygen atoms in total. The third kappa shape index (κ3) is 3.92. The summed E-state index contributed by atoms with van der Waals surface area (Å²) < 4.78 is 37.7. The van der Waals surface area contributed by atoms with Crippen molar-refractivity contribution in [1.82, 2.24) is 4.90 Å². The summed E-state index contributed by atoms with van der Waals surface area (Å²) in [4.78, 5) is 37.9. The monoisotopic (exact) mass is 473 g/mol. The molecule has 4 aliphatic carbocycles. The summed E-state index contributed by atoms with van der Waals surface area (Å²) in [5, 5.41) is 0.241. The van der Waals surface area contributed by atoms with E-state index in [1.54, 1.807) is 11.8 Å². The van der Waals surface area contributed by atoms with Crippen molar-refractivity contribution in [2.45, 2.75) is 76.6 Å². The first-order chi connectivity index (χ1) is 14.9. The van der Waals surface area contributed by atoms with Crippen LogP contribution < -0.4 is 0 Å². The van der Waals surface area contributed by atoms with Crippen LogP contribution in [0.1, 0.15) is 65.2 Å². The van der Waals surface area contributed by atoms with Gasteiger partial charge in [-0.15, -0.1) is 0 Å². The summed E-state index contributed by atoms with van der Waals surface area (Å²) in [5.41, 5.74) is -0.273. The van der Waals surface area contributed by atoms with E-state index < -0.39 is 12.1 Å². The number of hydrogen-bond acceptors (Lipinski definition) is 4. The normalized spacial score (nSPS) is 41.6. The van der Waals surface area contributed by atoms with E-state index in [1.807, 2.05) is 0 Å². The second kappa shape index (κ2) is 8.31. The van der Waals surface area contributed by atoms with Gasteiger partial charge in [-0.05, 0) is 61.7 Å². The van der Waals surface area contributed by atoms with Crippen LogP contribution in [0, 0.1) is 34.5 Å². The number of amides is 1. The van der Waals surface area contributed by atoms with Crippen molar-refractivity contribution in [3.63, 3.8) is 0 Å². The minimum absolute atomic E-state index is 0.00555. The number of hydrogen-bond donors (Lipinski definition) is 0. The highest BCUT2D eigenvalue weighted by molar-refractivity contribution is 7.99. The van der Waals surface area contributed by atoms with Crippen LogP contribution in [0.15, 0.2) is 0 Å². The Labute approximate surface area is 192 Å². The average Bonchev–Trinajstić information content (AvgIpc) is 3.02. The van der Waals surface area contributed by atoms with Crippen LogP contribution in [-0.2, 0) is 14.4 Å². The van der Waals surface area contributed by atoms with Crippen molar-refractivity contribution in [3.8, 4) is 0 Å². The number of rotatable bonds is 4. The van der Waals surface area contributed by atoms with Crippen molar-refractivity contribution < 1.29 is 27.6 Å². The van der Waals surface area contributed by atoms with E-state index >= 15 is 0 Å². The van der Waals surface area contributed by atoms with Crippen LogP contribution in [0.2, 0.25) is 0 Å². The first-order valence-corrected chi connectivity index (χ1v) is 12.9. The molecule has 0 spiro atoms. The van der Waals surface area contributed by atoms with Crippen molar-refractivity contribution >= 4 is 29.2 Å². The Hall–Kier alpha value is -1.05. The lowest BCUT2D eigenvalue weighted by Crippen LogP contribution is -2.56. The number of carbonyl (C=O) groups is 3. The molecule has 0 N–H and O–H groups in total. The SMILES string of the molecule is CN(CCS[C@@H]1CC[C@@]2(C)C(C1)C(=O)C[C@@H]1[C@@H]2CC[C@]2(C)C(=O)CC[C@@H]12)C(=O)C(F)(F)F. The quantitative estimate of drug-likeness (QED) is 0.583. The van der Waals surface area contributed by atoms with E-state index in [9.17, 15) is 27.6 Å². The third-order valence-electron chi connectivity index (χ3n) is 9.49. The van der Waals surface area contributed by atoms with E-state index in [0.717, 1.165) is 43.4 Å². The summed E-state index contributed by atoms with van der Waals surface area (Å²) in [6, 6.07) is 0. The molecule has 180 valence electrons. The number of ketones is 2. The fourth-order valence-electron chi connectivity index (χ4n) is 7.60. The Morgan fingerprint density at radius 1 is 1.12 bits per heavy atom. The zero-order chi connectivity index (χ0) is 23.5. The number of alkyl halides is 3. The van der Waals surface area contributed by atoms with Gasteiger partial charge in [0, 0.05) is 48.8 Å². The second-order valence-corrected chi connectivity index (χ2v) is 12.4. The zero-order valence-electron chi connectivity index (χ0n) is 19.2. The molecule has 1 unspecified atom stereocenters. The molecule has 0 aromatic rings. The van der Waals surface area contributed by atoms with Crippen LogP contribution in [0.3, 0.4) is 0 Å². The lowest BCUT2D eigenvalue weighted by molar-refractivity contribution is -0.183. The number of thioether (sulfide) groups is 1. The maximum absolute atomic E-state index is 13.3. The molecule has 4 rings (SSSR count). The van der Waals surface area contributed by atoms with Crippen LogP contribution in [0.5, 0.6) is 0 Å². The lowest BCUT2D eigenvalue weighted by atomic mass is 9.45. The van der Waals surface area contributed by atoms with E-state index in [2.05, 4.69) is 13.8 Å². The Bertz CT molecular complexity index is 802. The van der Waals surface area contributed by atoms with Crippen LogP contribution in [0.25, 0.3) is 0 Å². The number of halogens is 3. The molecule has 4 fully saturated rings. The largest absolute Gasteiger partial charge is 0.471 e. The summed E-state index contributed by atoms with van der Waals surface area (Å²) in [6.07, 6.45) is 1.97. The molecule has 0 aromatic carbocycles. The highest BCUT2D eigenvalue weighted by atomic mass is 32.2. The van der Waals surface area contributed by atoms with Gasteiger partial charge in [0.1, 0.15) is 11.6 Å². The number of Topliss-reactive ketones (excluding diaryl/α,β-unsaturated/α-hetero) is 2. The number of nitrogens with zero attached hydrogens (tertiary/aromatic N) is 1. The maximum Gasteiger partial charge on any atom is 0.471 e. The Morgan fingerprint density at radius 2 is 1.84 bits per heavy atom. The topological polar surface area (TPSA) is 54.5 Å². The van der Waals surface area contributed by atoms with Crippen LogP contribution >= 0.6 is 11.8 Å². The average molecular weight is 474 g/mol. The van der Waals surface area contributed by atoms with Gasteiger partial charge in [0.15, 0.2) is 0 Å². The molecule has 0 aliphatic heterocycles. The molecule has 1 amide bonds. The van der Waals surface area contributed by atoms with Crippen molar-refractivity contribution in [1.29, 1.82) is 0 Å². The van der Waals surface area contributed by atoms with Crippen LogP contribution in [-0.4, -0.2) is 53.1 Å². The Morgan fingerprint density at radius 3 is 2.53 bits per heavy atom. The molecule has 0 saturated heterocycles. The molecule has 0 bridgehead atoms. The molecule has 4 aliphatic rings. The fourth-order valence-corrected chi connectivity index (χ4v) is 8.93. The molecule has 7 atom stereocenters. The van der Waals surface area contributed by atoms with Gasteiger partial charge in [0.25, 0.3) is 0 Å². The van der Waals surface area contributed by atoms with Gasteiger partial charge in [0.2, 0.25) is 0 Å². The van der Waals surface area contributed by atoms with Gasteiger partial charge in [-0.1, -0.05) is 13.8 Å². The fraction of sp³-hybridized carbons (Fsp3) is 0.875. The highest BCUT2D eigenvalue weighted by Crippen LogP contribution is 2.65. The second-order valence-electron chi connectivity index (χ2n) is 11.0. The van der Waals surface area contributed by atoms with E-state index in [1.165, 1.54) is 7.05 Å². The number of carbonyl (C=O) groups excluding carboxylic acids is 3. The molecular weight excluding hydrogens is 439 g/mol. The summed E-state index contributed by atoms with van der Waals surface area (Å²) >= 11 is 1.60. The van der Waals surface area contributed by atoms with E-state index in [4.69, 9.17) is 0 Å². The third-order valence-corrected chi connectivity index (χ3v) is 10.8. The van der Waals surface area contributed by atoms with Gasteiger partial charge >= 0.3 is 12.1 Å². The molecule has 32 heavy (non-hydrogen) atoms. The zero-order valence-corrected chi connectivity index (χ0v) is 20.0. The smallest absolute Gasteiger partial charge is 0.337 e. The van der Waals surface area contributed by atoms with Crippen molar-refractivity contribution in [2.24, 2.45) is 34.5 Å². The van der Waals surface area contributed by atoms with Gasteiger partial charge in [0.05, 0.1) is 0 Å². The summed E-state index contributed by atoms with van der Waals surface area (Å²) in [5.74, 6) is 0.486. The maximum atomic E-state index is 13.3. The van der Waals surface area contributed by atoms with Crippen molar-refractivity contribution in [2.75, 3.05) is 19.3 Å². The highest BCUT2D eigenvalue weighted by Gasteiger charge is 2.62. The molecule has 8 heteroatoms. The van der Waals surface area contributed by atoms with Gasteiger partial charge < -0.3 is 4.90 Å². The minimum atomic E-state index is -4.84. The lowest BCUT2D eigenvalue weighted by Gasteiger charge is -2.59. The van der Waals surface area contributed by atoms with Gasteiger partial charge in [-0.2, -0.15) is 24.9 Å². The Kier molecular flexibility index (Phi) is 6.26. The molecule has 4 saturated carbocycles. The van der Waals surface area contributed by atoms with Crippen molar-refractivity contribution in [3.05, 3.63) is 0 Å². The molecule has 0 heterocycles. The predicted octanol–water partition coefficient (Wildman–Crippen LogP) is 4.90. The first-order valence-electron chi connectivity index (χ1n) is 11.9. The van der Waals surface area contributed by atoms with E-state index in [0.29, 0.717) is 47.9 Å². The summed E-state index contributed by atoms with van der Waals surface area (Å²) in [6.45, 7) is 4.45. The molecule has 0 radical (unpaired) electrons. The molecular formula is C24H34F3NO3S. The number of fused-ring (bicyclic) bond motifs is 5. The van der Waals surface area contributed by atoms with E-state index in [-0.39, 0.29) is 28.5 Å². The Balaban J connectivity index is 1.38.